The molecule has 5 aromatic rings. The summed E-state index contributed by atoms with van der Waals surface area (Å²) in [5.41, 5.74) is 4.66. The van der Waals surface area contributed by atoms with Crippen LogP contribution in [0.4, 0.5) is 5.69 Å². The lowest BCUT2D eigenvalue weighted by Crippen LogP contribution is -2.13. The normalized spacial score (nSPS) is 11.1. The molecule has 1 N–H and O–H groups in total. The van der Waals surface area contributed by atoms with E-state index in [1.807, 2.05) is 83.7 Å². The van der Waals surface area contributed by atoms with Crippen LogP contribution in [-0.2, 0) is 0 Å². The zero-order chi connectivity index (χ0) is 19.8. The Balaban J connectivity index is 1.46. The van der Waals surface area contributed by atoms with Crippen molar-refractivity contribution in [3.8, 4) is 16.9 Å². The number of nitrogens with zero attached hydrogens (tertiary/aromatic N) is 4. The van der Waals surface area contributed by atoms with Crippen LogP contribution in [0.15, 0.2) is 78.6 Å². The molecule has 0 saturated carbocycles. The number of carbonyl (C=O) groups excluding carboxylic acids is 1. The molecule has 3 heterocycles. The highest BCUT2D eigenvalue weighted by atomic mass is 32.1. The summed E-state index contributed by atoms with van der Waals surface area (Å²) >= 11 is 1.58. The molecule has 0 spiro atoms. The second-order valence-corrected chi connectivity index (χ2v) is 7.48. The van der Waals surface area contributed by atoms with E-state index in [4.69, 9.17) is 0 Å². The summed E-state index contributed by atoms with van der Waals surface area (Å²) < 4.78 is 3.75. The number of imidazole rings is 1. The minimum atomic E-state index is -0.196. The number of benzene rings is 2. The van der Waals surface area contributed by atoms with Crippen LogP contribution in [-0.4, -0.2) is 25.1 Å². The van der Waals surface area contributed by atoms with Crippen LogP contribution in [0, 0.1) is 6.92 Å². The molecule has 29 heavy (non-hydrogen) atoms. The smallest absolute Gasteiger partial charge is 0.259 e. The van der Waals surface area contributed by atoms with Crippen molar-refractivity contribution in [1.29, 1.82) is 0 Å². The van der Waals surface area contributed by atoms with E-state index in [9.17, 15) is 4.79 Å². The van der Waals surface area contributed by atoms with Gasteiger partial charge in [0.05, 0.1) is 34.5 Å². The number of amides is 1. The van der Waals surface area contributed by atoms with Crippen LogP contribution in [0.5, 0.6) is 0 Å². The topological polar surface area (TPSA) is 64.2 Å². The van der Waals surface area contributed by atoms with Crippen molar-refractivity contribution >= 4 is 27.9 Å². The Morgan fingerprint density at radius 3 is 2.69 bits per heavy atom. The molecule has 0 radical (unpaired) electrons. The predicted molar refractivity (Wildman–Crippen MR) is 115 cm³/mol. The van der Waals surface area contributed by atoms with Gasteiger partial charge in [0.15, 0.2) is 4.96 Å². The van der Waals surface area contributed by atoms with Crippen LogP contribution in [0.2, 0.25) is 0 Å². The van der Waals surface area contributed by atoms with Crippen LogP contribution in [0.25, 0.3) is 21.9 Å². The number of nitrogens with one attached hydrogen (secondary N) is 1. The van der Waals surface area contributed by atoms with Crippen molar-refractivity contribution in [2.24, 2.45) is 0 Å². The Kier molecular flexibility index (Phi) is 4.22. The number of rotatable bonds is 4. The van der Waals surface area contributed by atoms with Crippen molar-refractivity contribution in [3.63, 3.8) is 0 Å². The average Bonchev–Trinajstić information content (AvgIpc) is 3.44. The van der Waals surface area contributed by atoms with E-state index in [0.29, 0.717) is 5.56 Å². The SMILES string of the molecule is Cc1c(C(=O)Nc2ccccc2-c2cn3ccsc3n2)cnn1-c1ccccc1. The van der Waals surface area contributed by atoms with E-state index >= 15 is 0 Å². The van der Waals surface area contributed by atoms with Gasteiger partial charge >= 0.3 is 0 Å². The van der Waals surface area contributed by atoms with E-state index in [1.54, 1.807) is 22.2 Å². The van der Waals surface area contributed by atoms with Gasteiger partial charge in [0.1, 0.15) is 0 Å². The number of hydrogen-bond acceptors (Lipinski definition) is 4. The van der Waals surface area contributed by atoms with Gasteiger partial charge in [-0.1, -0.05) is 36.4 Å². The third kappa shape index (κ3) is 3.11. The highest BCUT2D eigenvalue weighted by molar-refractivity contribution is 7.15. The molecule has 1 amide bonds. The number of aromatic nitrogens is 4. The van der Waals surface area contributed by atoms with Crippen molar-refractivity contribution in [2.75, 3.05) is 5.32 Å². The molecular formula is C22H17N5OS. The monoisotopic (exact) mass is 399 g/mol. The van der Waals surface area contributed by atoms with Gasteiger partial charge in [-0.15, -0.1) is 11.3 Å². The fourth-order valence-corrected chi connectivity index (χ4v) is 4.02. The largest absolute Gasteiger partial charge is 0.321 e. The number of hydrogen-bond donors (Lipinski definition) is 1. The first-order valence-electron chi connectivity index (χ1n) is 9.14. The van der Waals surface area contributed by atoms with Crippen molar-refractivity contribution in [3.05, 3.63) is 89.8 Å². The average molecular weight is 399 g/mol. The van der Waals surface area contributed by atoms with Gasteiger partial charge in [-0.2, -0.15) is 5.10 Å². The van der Waals surface area contributed by atoms with Gasteiger partial charge in [-0.3, -0.25) is 9.20 Å². The summed E-state index contributed by atoms with van der Waals surface area (Å²) in [5.74, 6) is -0.196. The molecule has 0 fully saturated rings. The van der Waals surface area contributed by atoms with Crippen LogP contribution >= 0.6 is 11.3 Å². The van der Waals surface area contributed by atoms with Gasteiger partial charge in [-0.25, -0.2) is 9.67 Å². The zero-order valence-corrected chi connectivity index (χ0v) is 16.4. The van der Waals surface area contributed by atoms with Crippen molar-refractivity contribution in [2.45, 2.75) is 6.92 Å². The molecule has 0 aliphatic carbocycles. The lowest BCUT2D eigenvalue weighted by molar-refractivity contribution is 0.102. The molecule has 7 heteroatoms. The lowest BCUT2D eigenvalue weighted by atomic mass is 10.1. The maximum absolute atomic E-state index is 13.0. The van der Waals surface area contributed by atoms with Gasteiger partial charge in [-0.05, 0) is 25.1 Å². The third-order valence-corrected chi connectivity index (χ3v) is 5.57. The number of para-hydroxylation sites is 2. The lowest BCUT2D eigenvalue weighted by Gasteiger charge is -2.10. The van der Waals surface area contributed by atoms with E-state index in [1.165, 1.54) is 0 Å². The van der Waals surface area contributed by atoms with Gasteiger partial charge < -0.3 is 5.32 Å². The first kappa shape index (κ1) is 17.4. The molecule has 142 valence electrons. The Hall–Kier alpha value is -3.71. The second-order valence-electron chi connectivity index (χ2n) is 6.61. The Morgan fingerprint density at radius 1 is 1.07 bits per heavy atom. The van der Waals surface area contributed by atoms with Gasteiger partial charge in [0.25, 0.3) is 5.91 Å². The molecule has 0 unspecified atom stereocenters. The standard InChI is InChI=1S/C22H17N5OS/c1-15-18(13-23-27(15)16-7-3-2-4-8-16)21(28)24-19-10-6-5-9-17(19)20-14-26-11-12-29-22(26)25-20/h2-14H,1H3,(H,24,28). The highest BCUT2D eigenvalue weighted by Crippen LogP contribution is 2.29. The van der Waals surface area contributed by atoms with Crippen LogP contribution in [0.1, 0.15) is 16.1 Å². The molecule has 6 nitrogen and oxygen atoms in total. The summed E-state index contributed by atoms with van der Waals surface area (Å²) in [7, 11) is 0. The Morgan fingerprint density at radius 2 is 1.86 bits per heavy atom. The maximum atomic E-state index is 13.0. The van der Waals surface area contributed by atoms with E-state index < -0.39 is 0 Å². The molecule has 0 bridgehead atoms. The molecular weight excluding hydrogens is 382 g/mol. The fraction of sp³-hybridized carbons (Fsp3) is 0.0455. The molecule has 2 aromatic carbocycles. The van der Waals surface area contributed by atoms with Crippen molar-refractivity contribution < 1.29 is 4.79 Å². The minimum Gasteiger partial charge on any atom is -0.321 e. The van der Waals surface area contributed by atoms with Crippen LogP contribution in [0.3, 0.4) is 0 Å². The Bertz CT molecular complexity index is 1290. The third-order valence-electron chi connectivity index (χ3n) is 4.80. The molecule has 5 rings (SSSR count). The first-order valence-corrected chi connectivity index (χ1v) is 10.0. The number of anilines is 1. The summed E-state index contributed by atoms with van der Waals surface area (Å²) in [6.07, 6.45) is 5.54. The molecule has 0 saturated heterocycles. The van der Waals surface area contributed by atoms with E-state index in [0.717, 1.165) is 33.3 Å². The van der Waals surface area contributed by atoms with Gasteiger partial charge in [0, 0.05) is 23.3 Å². The molecule has 3 aromatic heterocycles. The number of fused-ring (bicyclic) bond motifs is 1. The van der Waals surface area contributed by atoms with E-state index in [2.05, 4.69) is 15.4 Å². The quantitative estimate of drug-likeness (QED) is 0.472. The van der Waals surface area contributed by atoms with Gasteiger partial charge in [0.2, 0.25) is 0 Å². The summed E-state index contributed by atoms with van der Waals surface area (Å²) in [6, 6.07) is 17.5. The molecule has 0 aliphatic heterocycles. The minimum absolute atomic E-state index is 0.196. The summed E-state index contributed by atoms with van der Waals surface area (Å²) in [6.45, 7) is 1.89. The Labute approximate surface area is 171 Å². The highest BCUT2D eigenvalue weighted by Gasteiger charge is 2.17. The first-order chi connectivity index (χ1) is 14.2. The second kappa shape index (κ2) is 7.03. The zero-order valence-electron chi connectivity index (χ0n) is 15.6. The molecule has 0 atom stereocenters. The summed E-state index contributed by atoms with van der Waals surface area (Å²) in [4.78, 5) is 18.6. The van der Waals surface area contributed by atoms with Crippen molar-refractivity contribution in [1.82, 2.24) is 19.2 Å². The fourth-order valence-electron chi connectivity index (χ4n) is 3.32. The van der Waals surface area contributed by atoms with E-state index in [-0.39, 0.29) is 5.91 Å². The number of thiazole rings is 1. The molecule has 0 aliphatic rings. The summed E-state index contributed by atoms with van der Waals surface area (Å²) in [5, 5.41) is 9.42. The number of carbonyl (C=O) groups is 1. The van der Waals surface area contributed by atoms with Crippen LogP contribution < -0.4 is 5.32 Å². The maximum Gasteiger partial charge on any atom is 0.259 e. The predicted octanol–water partition coefficient (Wildman–Crippen LogP) is 4.81.